The van der Waals surface area contributed by atoms with Gasteiger partial charge in [0.05, 0.1) is 0 Å². The van der Waals surface area contributed by atoms with Crippen LogP contribution in [0.4, 0.5) is 0 Å². The number of hydrogen-bond donors (Lipinski definition) is 0. The topological polar surface area (TPSA) is 0 Å². The predicted molar refractivity (Wildman–Crippen MR) is 95.8 cm³/mol. The fraction of sp³-hybridized carbons (Fsp3) is 0.647. The summed E-state index contributed by atoms with van der Waals surface area (Å²) in [6.45, 7) is 9.26. The van der Waals surface area contributed by atoms with Crippen molar-refractivity contribution in [3.05, 3.63) is 20.4 Å². The third kappa shape index (κ3) is 4.38. The van der Waals surface area contributed by atoms with Gasteiger partial charge >= 0.3 is 128 Å². The molecule has 2 heterocycles. The Morgan fingerprint density at radius 3 is 2.30 bits per heavy atom. The number of fused-ring (bicyclic) bond motifs is 1. The smallest absolute Gasteiger partial charge is 0 e. The average molecular weight is 460 g/mol. The molecule has 0 atom stereocenters. The van der Waals surface area contributed by atoms with Crippen LogP contribution in [0.5, 0.6) is 0 Å². The zero-order chi connectivity index (χ0) is 13.8. The standard InChI is InChI=1S/C17H26SSe.Sn/c1-5-6-7-8-9-10-11-15-14(4)19-17-12(2)13(3)18-16(15)17;/h5-11H2,1-4H3;. The first kappa shape index (κ1) is 18.8. The monoisotopic (exact) mass is 462 g/mol. The van der Waals surface area contributed by atoms with Crippen molar-refractivity contribution >= 4 is 58.7 Å². The Balaban J connectivity index is 0.00000200. The molecule has 0 unspecified atom stereocenters. The number of unbranched alkanes of at least 4 members (excludes halogenated alkanes) is 5. The summed E-state index contributed by atoms with van der Waals surface area (Å²) in [6.07, 6.45) is 9.76. The summed E-state index contributed by atoms with van der Waals surface area (Å²) in [7, 11) is 0. The first-order valence-corrected chi connectivity index (χ1v) is 10.2. The SMILES string of the molecule is CCCCCCCCc1c(C)[se]c2c(C)c(C)sc12.[Sn]. The van der Waals surface area contributed by atoms with E-state index < -0.39 is 0 Å². The van der Waals surface area contributed by atoms with Gasteiger partial charge in [0, 0.05) is 23.9 Å². The molecule has 2 aromatic rings. The van der Waals surface area contributed by atoms with Gasteiger partial charge < -0.3 is 0 Å². The second kappa shape index (κ2) is 9.02. The van der Waals surface area contributed by atoms with Gasteiger partial charge in [-0.05, 0) is 0 Å². The van der Waals surface area contributed by atoms with Crippen LogP contribution in [-0.2, 0) is 6.42 Å². The molecule has 0 saturated heterocycles. The van der Waals surface area contributed by atoms with Crippen molar-refractivity contribution in [2.45, 2.75) is 72.6 Å². The van der Waals surface area contributed by atoms with Crippen molar-refractivity contribution < 1.29 is 0 Å². The molecule has 0 aliphatic heterocycles. The molecular formula is C17H26SSeSn. The zero-order valence-electron chi connectivity index (χ0n) is 13.3. The van der Waals surface area contributed by atoms with E-state index in [1.807, 2.05) is 11.3 Å². The fourth-order valence-electron chi connectivity index (χ4n) is 2.67. The van der Waals surface area contributed by atoms with Crippen molar-refractivity contribution in [1.29, 1.82) is 0 Å². The Morgan fingerprint density at radius 2 is 1.60 bits per heavy atom. The van der Waals surface area contributed by atoms with E-state index in [2.05, 4.69) is 27.7 Å². The van der Waals surface area contributed by atoms with E-state index in [0.717, 1.165) is 0 Å². The molecule has 3 heteroatoms. The molecule has 0 fully saturated rings. The van der Waals surface area contributed by atoms with E-state index in [1.165, 1.54) is 44.9 Å². The second-order valence-electron chi connectivity index (χ2n) is 5.60. The summed E-state index contributed by atoms with van der Waals surface area (Å²) >= 11 is 2.67. The van der Waals surface area contributed by atoms with Crippen LogP contribution < -0.4 is 0 Å². The molecule has 0 aliphatic rings. The molecule has 20 heavy (non-hydrogen) atoms. The quantitative estimate of drug-likeness (QED) is 0.383. The second-order valence-corrected chi connectivity index (χ2v) is 9.39. The number of hydrogen-bond acceptors (Lipinski definition) is 1. The van der Waals surface area contributed by atoms with Crippen molar-refractivity contribution in [2.75, 3.05) is 0 Å². The predicted octanol–water partition coefficient (Wildman–Crippen LogP) is 5.41. The van der Waals surface area contributed by atoms with Gasteiger partial charge in [0.2, 0.25) is 0 Å². The van der Waals surface area contributed by atoms with Gasteiger partial charge in [-0.1, -0.05) is 0 Å². The van der Waals surface area contributed by atoms with E-state index in [4.69, 9.17) is 0 Å². The Labute approximate surface area is 151 Å². The summed E-state index contributed by atoms with van der Waals surface area (Å²) in [5.74, 6) is 0. The fourth-order valence-corrected chi connectivity index (χ4v) is 7.05. The molecule has 0 aliphatic carbocycles. The maximum absolute atomic E-state index is 2.37. The van der Waals surface area contributed by atoms with Crippen LogP contribution in [0.2, 0.25) is 0 Å². The van der Waals surface area contributed by atoms with Gasteiger partial charge in [0.15, 0.2) is 0 Å². The molecule has 110 valence electrons. The summed E-state index contributed by atoms with van der Waals surface area (Å²) in [4.78, 5) is 1.54. The minimum absolute atomic E-state index is 0. The van der Waals surface area contributed by atoms with Crippen LogP contribution in [0.3, 0.4) is 0 Å². The average Bonchev–Trinajstić information content (AvgIpc) is 2.83. The van der Waals surface area contributed by atoms with Gasteiger partial charge in [0.25, 0.3) is 0 Å². The molecule has 2 aromatic heterocycles. The molecular weight excluding hydrogens is 434 g/mol. The maximum Gasteiger partial charge on any atom is 0 e. The summed E-state index contributed by atoms with van der Waals surface area (Å²) in [6, 6.07) is 0. The van der Waals surface area contributed by atoms with Crippen molar-refractivity contribution in [3.8, 4) is 0 Å². The minimum Gasteiger partial charge on any atom is 0 e. The van der Waals surface area contributed by atoms with Crippen LogP contribution >= 0.6 is 11.3 Å². The zero-order valence-corrected chi connectivity index (χ0v) is 18.6. The molecule has 0 amide bonds. The molecule has 2 rings (SSSR count). The Kier molecular flexibility index (Phi) is 8.48. The van der Waals surface area contributed by atoms with Crippen LogP contribution in [0.25, 0.3) is 8.96 Å². The molecule has 0 nitrogen and oxygen atoms in total. The van der Waals surface area contributed by atoms with Crippen LogP contribution in [0, 0.1) is 20.8 Å². The molecule has 0 saturated carbocycles. The maximum atomic E-state index is 2.37. The largest absolute Gasteiger partial charge is 0 e. The molecule has 0 bridgehead atoms. The van der Waals surface area contributed by atoms with E-state index in [1.54, 1.807) is 29.4 Å². The van der Waals surface area contributed by atoms with Crippen LogP contribution in [0.1, 0.15) is 65.9 Å². The third-order valence-corrected chi connectivity index (χ3v) is 8.28. The van der Waals surface area contributed by atoms with Crippen molar-refractivity contribution in [1.82, 2.24) is 0 Å². The number of thiophene rings is 1. The van der Waals surface area contributed by atoms with Gasteiger partial charge in [-0.15, -0.1) is 0 Å². The Bertz CT molecular complexity index is 539. The Morgan fingerprint density at radius 1 is 0.950 bits per heavy atom. The van der Waals surface area contributed by atoms with E-state index in [0.29, 0.717) is 14.5 Å². The molecule has 0 aromatic carbocycles. The van der Waals surface area contributed by atoms with Gasteiger partial charge in [-0.3, -0.25) is 0 Å². The van der Waals surface area contributed by atoms with Gasteiger partial charge in [-0.2, -0.15) is 0 Å². The van der Waals surface area contributed by atoms with Crippen molar-refractivity contribution in [3.63, 3.8) is 0 Å². The normalized spacial score (nSPS) is 11.0. The van der Waals surface area contributed by atoms with Crippen molar-refractivity contribution in [2.24, 2.45) is 0 Å². The first-order valence-electron chi connectivity index (χ1n) is 7.63. The Hall–Kier alpha value is 0.758. The molecule has 4 radical (unpaired) electrons. The summed E-state index contributed by atoms with van der Waals surface area (Å²) in [5, 5.41) is 0. The van der Waals surface area contributed by atoms with Crippen LogP contribution in [0.15, 0.2) is 0 Å². The summed E-state index contributed by atoms with van der Waals surface area (Å²) < 4.78 is 5.06. The van der Waals surface area contributed by atoms with Gasteiger partial charge in [-0.25, -0.2) is 0 Å². The molecule has 0 N–H and O–H groups in total. The summed E-state index contributed by atoms with van der Waals surface area (Å²) in [5.41, 5.74) is 3.30. The van der Waals surface area contributed by atoms with Crippen LogP contribution in [-0.4, -0.2) is 38.4 Å². The molecule has 0 spiro atoms. The number of rotatable bonds is 7. The van der Waals surface area contributed by atoms with E-state index in [-0.39, 0.29) is 23.9 Å². The van der Waals surface area contributed by atoms with E-state index >= 15 is 0 Å². The van der Waals surface area contributed by atoms with Gasteiger partial charge in [0.1, 0.15) is 0 Å². The first-order chi connectivity index (χ1) is 9.15. The van der Waals surface area contributed by atoms with E-state index in [9.17, 15) is 0 Å². The minimum atomic E-state index is 0. The number of aryl methyl sites for hydroxylation is 4. The third-order valence-electron chi connectivity index (χ3n) is 4.06.